The Hall–Kier alpha value is -2.88. The summed E-state index contributed by atoms with van der Waals surface area (Å²) in [6.07, 6.45) is 4.02. The van der Waals surface area contributed by atoms with E-state index in [9.17, 15) is 0 Å². The largest absolute Gasteiger partial charge is 0.486 e. The summed E-state index contributed by atoms with van der Waals surface area (Å²) < 4.78 is 14.0. The molecule has 3 aromatic heterocycles. The number of ether oxygens (including phenoxy) is 2. The lowest BCUT2D eigenvalue weighted by Gasteiger charge is -2.23. The van der Waals surface area contributed by atoms with Crippen LogP contribution in [0.25, 0.3) is 22.3 Å². The number of nitrogens with one attached hydrogen (secondary N) is 1. The summed E-state index contributed by atoms with van der Waals surface area (Å²) in [4.78, 5) is 13.6. The lowest BCUT2D eigenvalue weighted by atomic mass is 9.94. The van der Waals surface area contributed by atoms with Crippen molar-refractivity contribution >= 4 is 39.9 Å². The predicted molar refractivity (Wildman–Crippen MR) is 139 cm³/mol. The van der Waals surface area contributed by atoms with Crippen LogP contribution in [-0.4, -0.2) is 45.8 Å². The minimum atomic E-state index is 0.142. The smallest absolute Gasteiger partial charge is 0.226 e. The van der Waals surface area contributed by atoms with Gasteiger partial charge in [0.05, 0.1) is 0 Å². The number of fused-ring (bicyclic) bond motifs is 2. The SMILES string of the molecule is Nc1nc(Cl)nc2c1nc(Cc1cc3c(cc1-c1ccsc1)OCCO3)n2CCC1CCNCC1. The number of thiophene rings is 1. The molecule has 1 fully saturated rings. The fourth-order valence-corrected chi connectivity index (χ4v) is 5.85. The van der Waals surface area contributed by atoms with E-state index in [0.29, 0.717) is 42.5 Å². The van der Waals surface area contributed by atoms with Gasteiger partial charge in [-0.05, 0) is 95.5 Å². The normalized spacial score (nSPS) is 16.1. The molecule has 5 heterocycles. The van der Waals surface area contributed by atoms with Crippen LogP contribution in [0.4, 0.5) is 5.82 Å². The molecule has 182 valence electrons. The zero-order chi connectivity index (χ0) is 23.8. The van der Waals surface area contributed by atoms with Crippen LogP contribution >= 0.6 is 22.9 Å². The number of piperidine rings is 1. The number of anilines is 1. The second kappa shape index (κ2) is 9.64. The number of nitrogen functional groups attached to an aromatic ring is 1. The third kappa shape index (κ3) is 4.55. The highest BCUT2D eigenvalue weighted by molar-refractivity contribution is 7.08. The average Bonchev–Trinajstić information content (AvgIpc) is 3.52. The van der Waals surface area contributed by atoms with E-state index in [1.165, 1.54) is 12.8 Å². The summed E-state index contributed by atoms with van der Waals surface area (Å²) in [7, 11) is 0. The number of imidazole rings is 1. The van der Waals surface area contributed by atoms with Crippen LogP contribution in [0.15, 0.2) is 29.0 Å². The summed E-state index contributed by atoms with van der Waals surface area (Å²) in [6, 6.07) is 6.29. The zero-order valence-corrected chi connectivity index (χ0v) is 20.9. The zero-order valence-electron chi connectivity index (χ0n) is 19.3. The van der Waals surface area contributed by atoms with Crippen LogP contribution in [0.3, 0.4) is 0 Å². The monoisotopic (exact) mass is 510 g/mol. The van der Waals surface area contributed by atoms with Crippen molar-refractivity contribution in [2.24, 2.45) is 5.92 Å². The standard InChI is InChI=1S/C25H27ClN6O2S/c26-25-30-23(27)22-24(31-25)32(7-3-15-1-5-28-6-2-15)21(29-22)12-17-11-19-20(34-9-8-33-19)13-18(17)16-4-10-35-14-16/h4,10-11,13-15,28H,1-3,5-9,12H2,(H2,27,30,31). The van der Waals surface area contributed by atoms with Gasteiger partial charge in [-0.25, -0.2) is 4.98 Å². The Morgan fingerprint density at radius 3 is 2.69 bits per heavy atom. The van der Waals surface area contributed by atoms with Gasteiger partial charge >= 0.3 is 0 Å². The van der Waals surface area contributed by atoms with E-state index in [0.717, 1.165) is 60.1 Å². The summed E-state index contributed by atoms with van der Waals surface area (Å²) in [5.41, 5.74) is 10.9. The third-order valence-corrected chi connectivity index (χ3v) is 7.69. The number of nitrogens with zero attached hydrogens (tertiary/aromatic N) is 4. The van der Waals surface area contributed by atoms with E-state index in [1.807, 2.05) is 0 Å². The second-order valence-electron chi connectivity index (χ2n) is 9.05. The van der Waals surface area contributed by atoms with E-state index in [-0.39, 0.29) is 5.28 Å². The predicted octanol–water partition coefficient (Wildman–Crippen LogP) is 4.54. The highest BCUT2D eigenvalue weighted by Gasteiger charge is 2.22. The molecule has 10 heteroatoms. The molecule has 2 aliphatic rings. The maximum absolute atomic E-state index is 6.22. The summed E-state index contributed by atoms with van der Waals surface area (Å²) in [5, 5.41) is 7.82. The topological polar surface area (TPSA) is 100 Å². The number of hydrogen-bond acceptors (Lipinski definition) is 8. The van der Waals surface area contributed by atoms with Crippen molar-refractivity contribution < 1.29 is 9.47 Å². The molecule has 0 unspecified atom stereocenters. The molecule has 4 aromatic rings. The Morgan fingerprint density at radius 2 is 1.91 bits per heavy atom. The molecule has 3 N–H and O–H groups in total. The molecule has 1 saturated heterocycles. The summed E-state index contributed by atoms with van der Waals surface area (Å²) in [5.74, 6) is 3.42. The lowest BCUT2D eigenvalue weighted by Crippen LogP contribution is -2.28. The van der Waals surface area contributed by atoms with Gasteiger partial charge in [-0.15, -0.1) is 0 Å². The third-order valence-electron chi connectivity index (χ3n) is 6.84. The van der Waals surface area contributed by atoms with Gasteiger partial charge in [-0.2, -0.15) is 21.3 Å². The summed E-state index contributed by atoms with van der Waals surface area (Å²) >= 11 is 7.88. The molecule has 2 aliphatic heterocycles. The molecule has 0 bridgehead atoms. The van der Waals surface area contributed by atoms with E-state index in [2.05, 4.69) is 48.8 Å². The molecule has 0 amide bonds. The molecule has 0 radical (unpaired) electrons. The van der Waals surface area contributed by atoms with Gasteiger partial charge in [0.1, 0.15) is 19.0 Å². The maximum Gasteiger partial charge on any atom is 0.226 e. The molecule has 35 heavy (non-hydrogen) atoms. The Labute approximate surface area is 212 Å². The Bertz CT molecular complexity index is 1350. The van der Waals surface area contributed by atoms with Gasteiger partial charge in [-0.3, -0.25) is 0 Å². The maximum atomic E-state index is 6.22. The van der Waals surface area contributed by atoms with Crippen molar-refractivity contribution in [3.8, 4) is 22.6 Å². The number of rotatable bonds is 6. The fraction of sp³-hybridized carbons (Fsp3) is 0.400. The molecule has 0 spiro atoms. The summed E-state index contributed by atoms with van der Waals surface area (Å²) in [6.45, 7) is 4.06. The molecule has 1 aromatic carbocycles. The van der Waals surface area contributed by atoms with Gasteiger partial charge in [0.15, 0.2) is 28.5 Å². The lowest BCUT2D eigenvalue weighted by molar-refractivity contribution is 0.171. The van der Waals surface area contributed by atoms with Gasteiger partial charge < -0.3 is 25.1 Å². The van der Waals surface area contributed by atoms with Crippen molar-refractivity contribution in [3.05, 3.63) is 45.6 Å². The van der Waals surface area contributed by atoms with Crippen molar-refractivity contribution in [2.75, 3.05) is 32.0 Å². The number of hydrogen-bond donors (Lipinski definition) is 2. The number of nitrogens with two attached hydrogens (primary N) is 1. The van der Waals surface area contributed by atoms with Gasteiger partial charge in [0.25, 0.3) is 0 Å². The number of aryl methyl sites for hydroxylation is 1. The Morgan fingerprint density at radius 1 is 1.11 bits per heavy atom. The number of aromatic nitrogens is 4. The van der Waals surface area contributed by atoms with Crippen LogP contribution in [0.5, 0.6) is 11.5 Å². The Kier molecular flexibility index (Phi) is 6.22. The van der Waals surface area contributed by atoms with Crippen molar-refractivity contribution in [3.63, 3.8) is 0 Å². The van der Waals surface area contributed by atoms with E-state index in [4.69, 9.17) is 31.8 Å². The average molecular weight is 511 g/mol. The highest BCUT2D eigenvalue weighted by atomic mass is 35.5. The van der Waals surface area contributed by atoms with E-state index >= 15 is 0 Å². The van der Waals surface area contributed by atoms with Crippen LogP contribution in [0.2, 0.25) is 5.28 Å². The van der Waals surface area contributed by atoms with Gasteiger partial charge in [0, 0.05) is 13.0 Å². The second-order valence-corrected chi connectivity index (χ2v) is 10.2. The highest BCUT2D eigenvalue weighted by Crippen LogP contribution is 2.39. The first-order valence-electron chi connectivity index (χ1n) is 12.0. The van der Waals surface area contributed by atoms with Crippen LogP contribution in [-0.2, 0) is 13.0 Å². The van der Waals surface area contributed by atoms with Crippen molar-refractivity contribution in [2.45, 2.75) is 32.2 Å². The molecule has 0 saturated carbocycles. The number of benzene rings is 1. The van der Waals surface area contributed by atoms with Crippen LogP contribution in [0.1, 0.15) is 30.7 Å². The van der Waals surface area contributed by atoms with Crippen molar-refractivity contribution in [1.82, 2.24) is 24.8 Å². The molecule has 0 atom stereocenters. The minimum Gasteiger partial charge on any atom is -0.486 e. The van der Waals surface area contributed by atoms with Crippen LogP contribution in [0, 0.1) is 5.92 Å². The first-order chi connectivity index (χ1) is 17.2. The Balaban J connectivity index is 1.42. The molecular weight excluding hydrogens is 484 g/mol. The minimum absolute atomic E-state index is 0.142. The molecule has 6 rings (SSSR count). The quantitative estimate of drug-likeness (QED) is 0.367. The van der Waals surface area contributed by atoms with Crippen molar-refractivity contribution in [1.29, 1.82) is 0 Å². The van der Waals surface area contributed by atoms with E-state index < -0.39 is 0 Å². The first-order valence-corrected chi connectivity index (χ1v) is 13.3. The van der Waals surface area contributed by atoms with Crippen LogP contribution < -0.4 is 20.5 Å². The molecule has 0 aliphatic carbocycles. The van der Waals surface area contributed by atoms with Gasteiger partial charge in [-0.1, -0.05) is 0 Å². The molecular formula is C25H27ClN6O2S. The fourth-order valence-electron chi connectivity index (χ4n) is 5.03. The molecule has 8 nitrogen and oxygen atoms in total. The first kappa shape index (κ1) is 22.6. The number of halogens is 1. The van der Waals surface area contributed by atoms with E-state index in [1.54, 1.807) is 11.3 Å². The van der Waals surface area contributed by atoms with Gasteiger partial charge in [0.2, 0.25) is 5.28 Å².